The number of carboxylic acid groups (broad SMARTS) is 1. The summed E-state index contributed by atoms with van der Waals surface area (Å²) in [6.45, 7) is 2.28. The summed E-state index contributed by atoms with van der Waals surface area (Å²) in [6, 6.07) is 8.96. The van der Waals surface area contributed by atoms with Gasteiger partial charge in [0.05, 0.1) is 19.3 Å². The second-order valence-corrected chi connectivity index (χ2v) is 6.65. The second kappa shape index (κ2) is 10.6. The van der Waals surface area contributed by atoms with Crippen molar-refractivity contribution in [2.24, 2.45) is 0 Å². The molecule has 27 heavy (non-hydrogen) atoms. The molecule has 1 heterocycles. The van der Waals surface area contributed by atoms with Crippen molar-refractivity contribution in [1.82, 2.24) is 15.1 Å². The minimum absolute atomic E-state index is 0.0261. The highest BCUT2D eigenvalue weighted by atomic mass is 16.5. The number of carbonyl (C=O) groups excluding carboxylic acids is 2. The molecule has 0 spiro atoms. The first kappa shape index (κ1) is 20.9. The Kier molecular flexibility index (Phi) is 8.22. The van der Waals surface area contributed by atoms with Crippen molar-refractivity contribution in [1.29, 1.82) is 0 Å². The van der Waals surface area contributed by atoms with Crippen LogP contribution in [0.4, 0.5) is 0 Å². The molecule has 1 aromatic carbocycles. The summed E-state index contributed by atoms with van der Waals surface area (Å²) >= 11 is 0. The predicted octanol–water partition coefficient (Wildman–Crippen LogP) is 0.440. The van der Waals surface area contributed by atoms with Gasteiger partial charge in [0.15, 0.2) is 0 Å². The maximum absolute atomic E-state index is 12.4. The van der Waals surface area contributed by atoms with Crippen LogP contribution in [0.5, 0.6) is 0 Å². The van der Waals surface area contributed by atoms with E-state index >= 15 is 0 Å². The Morgan fingerprint density at radius 1 is 1.30 bits per heavy atom. The molecule has 0 radical (unpaired) electrons. The third kappa shape index (κ3) is 7.36. The first-order valence-electron chi connectivity index (χ1n) is 9.08. The number of morpholine rings is 1. The van der Waals surface area contributed by atoms with Gasteiger partial charge in [0, 0.05) is 38.2 Å². The number of ether oxygens (including phenoxy) is 1. The largest absolute Gasteiger partial charge is 0.480 e. The number of amides is 2. The van der Waals surface area contributed by atoms with E-state index in [1.165, 1.54) is 0 Å². The van der Waals surface area contributed by atoms with Crippen molar-refractivity contribution in [2.45, 2.75) is 18.9 Å². The number of nitrogens with zero attached hydrogens (tertiary/aromatic N) is 2. The molecule has 1 aliphatic heterocycles. The number of hydrogen-bond acceptors (Lipinski definition) is 5. The van der Waals surface area contributed by atoms with Crippen LogP contribution < -0.4 is 5.32 Å². The number of benzene rings is 1. The zero-order chi connectivity index (χ0) is 19.6. The van der Waals surface area contributed by atoms with Crippen molar-refractivity contribution >= 4 is 17.8 Å². The van der Waals surface area contributed by atoms with Gasteiger partial charge in [-0.2, -0.15) is 0 Å². The van der Waals surface area contributed by atoms with Gasteiger partial charge < -0.3 is 20.1 Å². The third-order valence-electron chi connectivity index (χ3n) is 4.30. The summed E-state index contributed by atoms with van der Waals surface area (Å²) in [4.78, 5) is 38.5. The molecule has 0 aromatic heterocycles. The van der Waals surface area contributed by atoms with Crippen LogP contribution in [0.25, 0.3) is 0 Å². The van der Waals surface area contributed by atoms with Crippen molar-refractivity contribution in [3.05, 3.63) is 35.9 Å². The summed E-state index contributed by atoms with van der Waals surface area (Å²) < 4.78 is 5.63. The van der Waals surface area contributed by atoms with E-state index in [0.29, 0.717) is 51.2 Å². The minimum Gasteiger partial charge on any atom is -0.480 e. The molecular weight excluding hydrogens is 350 g/mol. The number of rotatable bonds is 9. The Hall–Kier alpha value is -2.45. The smallest absolute Gasteiger partial charge is 0.317 e. The standard InChI is InChI=1S/C19H27N3O5/c1-21(14-18(24)25)12-16-13-22(10-11-27-16)17(23)8-5-9-20-19(26)15-6-3-2-4-7-15/h2-4,6-7,16H,5,8-14H2,1H3,(H,20,26)(H,24,25). The van der Waals surface area contributed by atoms with Crippen LogP contribution in [0.15, 0.2) is 30.3 Å². The molecule has 1 aliphatic rings. The molecule has 1 fully saturated rings. The average Bonchev–Trinajstić information content (AvgIpc) is 2.65. The molecule has 1 saturated heterocycles. The number of hydrogen-bond donors (Lipinski definition) is 2. The molecule has 0 bridgehead atoms. The molecule has 0 aliphatic carbocycles. The zero-order valence-electron chi connectivity index (χ0n) is 15.6. The predicted molar refractivity (Wildman–Crippen MR) is 99.5 cm³/mol. The summed E-state index contributed by atoms with van der Waals surface area (Å²) in [5.41, 5.74) is 0.602. The van der Waals surface area contributed by atoms with Crippen LogP contribution in [0, 0.1) is 0 Å². The average molecular weight is 377 g/mol. The van der Waals surface area contributed by atoms with Crippen molar-refractivity contribution in [2.75, 3.05) is 46.4 Å². The Bertz CT molecular complexity index is 637. The van der Waals surface area contributed by atoms with Crippen LogP contribution in [0.1, 0.15) is 23.2 Å². The Balaban J connectivity index is 1.67. The van der Waals surface area contributed by atoms with E-state index in [1.807, 2.05) is 6.07 Å². The highest BCUT2D eigenvalue weighted by molar-refractivity contribution is 5.94. The van der Waals surface area contributed by atoms with E-state index in [0.717, 1.165) is 0 Å². The van der Waals surface area contributed by atoms with E-state index in [2.05, 4.69) is 5.32 Å². The van der Waals surface area contributed by atoms with Crippen LogP contribution in [0.3, 0.4) is 0 Å². The molecule has 8 nitrogen and oxygen atoms in total. The lowest BCUT2D eigenvalue weighted by molar-refractivity contribution is -0.142. The fourth-order valence-corrected chi connectivity index (χ4v) is 2.99. The number of nitrogens with one attached hydrogen (secondary N) is 1. The monoisotopic (exact) mass is 377 g/mol. The first-order valence-corrected chi connectivity index (χ1v) is 9.08. The van der Waals surface area contributed by atoms with Crippen LogP contribution >= 0.6 is 0 Å². The third-order valence-corrected chi connectivity index (χ3v) is 4.30. The Morgan fingerprint density at radius 3 is 2.74 bits per heavy atom. The van der Waals surface area contributed by atoms with Gasteiger partial charge in [-0.25, -0.2) is 0 Å². The minimum atomic E-state index is -0.890. The molecule has 8 heteroatoms. The lowest BCUT2D eigenvalue weighted by atomic mass is 10.2. The summed E-state index contributed by atoms with van der Waals surface area (Å²) in [7, 11) is 1.72. The molecule has 2 N–H and O–H groups in total. The van der Waals surface area contributed by atoms with Crippen LogP contribution in [-0.4, -0.2) is 85.2 Å². The van der Waals surface area contributed by atoms with Gasteiger partial charge >= 0.3 is 5.97 Å². The number of carbonyl (C=O) groups is 3. The lowest BCUT2D eigenvalue weighted by Gasteiger charge is -2.34. The fourth-order valence-electron chi connectivity index (χ4n) is 2.99. The van der Waals surface area contributed by atoms with Gasteiger partial charge in [-0.15, -0.1) is 0 Å². The van der Waals surface area contributed by atoms with E-state index in [-0.39, 0.29) is 24.5 Å². The number of aliphatic carboxylic acids is 1. The molecule has 148 valence electrons. The topological polar surface area (TPSA) is 99.2 Å². The normalized spacial score (nSPS) is 17.0. The summed E-state index contributed by atoms with van der Waals surface area (Å²) in [5, 5.41) is 11.6. The Morgan fingerprint density at radius 2 is 2.04 bits per heavy atom. The Labute approximate surface area is 159 Å². The van der Waals surface area contributed by atoms with Gasteiger partial charge in [-0.05, 0) is 25.6 Å². The maximum Gasteiger partial charge on any atom is 0.317 e. The maximum atomic E-state index is 12.4. The second-order valence-electron chi connectivity index (χ2n) is 6.65. The first-order chi connectivity index (χ1) is 13.0. The lowest BCUT2D eigenvalue weighted by Crippen LogP contribution is -2.49. The highest BCUT2D eigenvalue weighted by Crippen LogP contribution is 2.09. The van der Waals surface area contributed by atoms with E-state index in [9.17, 15) is 14.4 Å². The molecule has 1 atom stereocenters. The van der Waals surface area contributed by atoms with Crippen molar-refractivity contribution < 1.29 is 24.2 Å². The SMILES string of the molecule is CN(CC(=O)O)CC1CN(C(=O)CCCNC(=O)c2ccccc2)CCO1. The molecule has 2 rings (SSSR count). The zero-order valence-corrected chi connectivity index (χ0v) is 15.6. The van der Waals surface area contributed by atoms with E-state index < -0.39 is 5.97 Å². The molecule has 0 saturated carbocycles. The van der Waals surface area contributed by atoms with Crippen LogP contribution in [-0.2, 0) is 14.3 Å². The van der Waals surface area contributed by atoms with Crippen molar-refractivity contribution in [3.8, 4) is 0 Å². The van der Waals surface area contributed by atoms with Gasteiger partial charge in [-0.3, -0.25) is 19.3 Å². The molecular formula is C19H27N3O5. The molecule has 1 unspecified atom stereocenters. The van der Waals surface area contributed by atoms with Crippen molar-refractivity contribution in [3.63, 3.8) is 0 Å². The quantitative estimate of drug-likeness (QED) is 0.606. The van der Waals surface area contributed by atoms with Gasteiger partial charge in [0.2, 0.25) is 5.91 Å². The van der Waals surface area contributed by atoms with Gasteiger partial charge in [-0.1, -0.05) is 18.2 Å². The number of carboxylic acids is 1. The number of likely N-dealkylation sites (N-methyl/N-ethyl adjacent to an activating group) is 1. The summed E-state index contributed by atoms with van der Waals surface area (Å²) in [5.74, 6) is -1.01. The van der Waals surface area contributed by atoms with Crippen LogP contribution in [0.2, 0.25) is 0 Å². The molecule has 1 aromatic rings. The fraction of sp³-hybridized carbons (Fsp3) is 0.526. The van der Waals surface area contributed by atoms with Gasteiger partial charge in [0.25, 0.3) is 5.91 Å². The van der Waals surface area contributed by atoms with Gasteiger partial charge in [0.1, 0.15) is 0 Å². The summed E-state index contributed by atoms with van der Waals surface area (Å²) in [6.07, 6.45) is 0.732. The van der Waals surface area contributed by atoms with E-state index in [1.54, 1.807) is 41.1 Å². The highest BCUT2D eigenvalue weighted by Gasteiger charge is 2.25. The van der Waals surface area contributed by atoms with E-state index in [4.69, 9.17) is 9.84 Å². The molecule has 2 amide bonds.